The van der Waals surface area contributed by atoms with E-state index in [9.17, 15) is 14.4 Å². The molecule has 3 fully saturated rings. The molecule has 2 unspecified atom stereocenters. The minimum Gasteiger partial charge on any atom is -0.449 e. The van der Waals surface area contributed by atoms with Crippen molar-refractivity contribution in [3.8, 4) is 0 Å². The number of ketones is 1. The molecule has 2 atom stereocenters. The van der Waals surface area contributed by atoms with Crippen LogP contribution in [0.5, 0.6) is 0 Å². The van der Waals surface area contributed by atoms with E-state index in [1.54, 1.807) is 24.4 Å². The number of aromatic nitrogens is 2. The molecule has 6 rings (SSSR count). The first-order valence-corrected chi connectivity index (χ1v) is 13.7. The van der Waals surface area contributed by atoms with Gasteiger partial charge in [-0.25, -0.2) is 4.98 Å². The minimum absolute atomic E-state index is 0.0551. The Balaban J connectivity index is 1.17. The summed E-state index contributed by atoms with van der Waals surface area (Å²) >= 11 is 12.1. The van der Waals surface area contributed by atoms with Crippen LogP contribution in [-0.4, -0.2) is 51.1 Å². The van der Waals surface area contributed by atoms with Gasteiger partial charge in [0.2, 0.25) is 17.6 Å². The van der Waals surface area contributed by atoms with Crippen LogP contribution in [0.3, 0.4) is 0 Å². The third-order valence-corrected chi connectivity index (χ3v) is 8.32. The molecule has 0 spiro atoms. The Kier molecular flexibility index (Phi) is 6.84. The van der Waals surface area contributed by atoms with E-state index in [-0.39, 0.29) is 52.2 Å². The lowest BCUT2D eigenvalue weighted by atomic mass is 9.84. The largest absolute Gasteiger partial charge is 0.449 e. The number of furan rings is 1. The molecule has 3 aliphatic rings. The zero-order valence-corrected chi connectivity index (χ0v) is 22.1. The number of amides is 2. The number of hydrogen-bond donors (Lipinski definition) is 2. The summed E-state index contributed by atoms with van der Waals surface area (Å²) in [5, 5.41) is 6.97. The first-order valence-electron chi connectivity index (χ1n) is 13.0. The lowest BCUT2D eigenvalue weighted by Crippen LogP contribution is -2.51. The van der Waals surface area contributed by atoms with Crippen LogP contribution >= 0.6 is 23.2 Å². The normalized spacial score (nSPS) is 25.4. The molecular formula is C27H27Cl2N5O4. The van der Waals surface area contributed by atoms with Crippen molar-refractivity contribution < 1.29 is 18.8 Å². The van der Waals surface area contributed by atoms with Crippen LogP contribution in [0.2, 0.25) is 10.2 Å². The van der Waals surface area contributed by atoms with Gasteiger partial charge in [0.05, 0.1) is 22.8 Å². The summed E-state index contributed by atoms with van der Waals surface area (Å²) in [6.45, 7) is 0.809. The summed E-state index contributed by atoms with van der Waals surface area (Å²) in [4.78, 5) is 49.6. The molecule has 2 saturated heterocycles. The van der Waals surface area contributed by atoms with E-state index in [1.165, 1.54) is 0 Å². The topological polar surface area (TPSA) is 117 Å². The second-order valence-corrected chi connectivity index (χ2v) is 11.1. The number of pyridine rings is 2. The molecule has 2 N–H and O–H groups in total. The van der Waals surface area contributed by atoms with Crippen LogP contribution in [0.4, 0.5) is 5.69 Å². The number of halogens is 2. The fraction of sp³-hybridized carbons (Fsp3) is 0.444. The van der Waals surface area contributed by atoms with Gasteiger partial charge in [-0.2, -0.15) is 0 Å². The molecule has 0 radical (unpaired) electrons. The molecule has 9 nitrogen and oxygen atoms in total. The second kappa shape index (κ2) is 10.3. The Labute approximate surface area is 229 Å². The molecule has 2 aliphatic heterocycles. The molecule has 3 aromatic heterocycles. The Hall–Kier alpha value is -3.01. The van der Waals surface area contributed by atoms with Crippen molar-refractivity contribution in [2.24, 2.45) is 5.92 Å². The highest BCUT2D eigenvalue weighted by Crippen LogP contribution is 2.37. The van der Waals surface area contributed by atoms with Crippen LogP contribution in [0.15, 0.2) is 34.9 Å². The van der Waals surface area contributed by atoms with Crippen molar-refractivity contribution >= 4 is 57.6 Å². The van der Waals surface area contributed by atoms with Gasteiger partial charge in [-0.15, -0.1) is 0 Å². The zero-order chi connectivity index (χ0) is 26.4. The number of anilines is 1. The number of fused-ring (bicyclic) bond motifs is 1. The fourth-order valence-electron chi connectivity index (χ4n) is 5.77. The van der Waals surface area contributed by atoms with Crippen molar-refractivity contribution in [2.45, 2.75) is 63.1 Å². The molecule has 198 valence electrons. The maximum atomic E-state index is 13.5. The van der Waals surface area contributed by atoms with Gasteiger partial charge in [0, 0.05) is 31.1 Å². The van der Waals surface area contributed by atoms with Gasteiger partial charge in [-0.05, 0) is 62.8 Å². The van der Waals surface area contributed by atoms with Crippen LogP contribution in [0, 0.1) is 5.92 Å². The third-order valence-electron chi connectivity index (χ3n) is 7.89. The Morgan fingerprint density at radius 3 is 2.58 bits per heavy atom. The molecule has 5 heterocycles. The number of hydrogen-bond acceptors (Lipinski definition) is 7. The van der Waals surface area contributed by atoms with Crippen LogP contribution in [-0.2, 0) is 9.59 Å². The van der Waals surface area contributed by atoms with Crippen molar-refractivity contribution in [3.63, 3.8) is 0 Å². The van der Waals surface area contributed by atoms with Gasteiger partial charge in [-0.3, -0.25) is 24.7 Å². The first kappa shape index (κ1) is 25.3. The number of carbonyl (C=O) groups excluding carboxylic acids is 3. The van der Waals surface area contributed by atoms with Gasteiger partial charge < -0.3 is 14.6 Å². The molecule has 2 amide bonds. The van der Waals surface area contributed by atoms with E-state index in [1.807, 2.05) is 11.0 Å². The van der Waals surface area contributed by atoms with E-state index in [0.29, 0.717) is 41.8 Å². The lowest BCUT2D eigenvalue weighted by Gasteiger charge is -2.35. The molecular weight excluding hydrogens is 529 g/mol. The van der Waals surface area contributed by atoms with Gasteiger partial charge in [-0.1, -0.05) is 23.2 Å². The van der Waals surface area contributed by atoms with Crippen molar-refractivity contribution in [3.05, 3.63) is 52.1 Å². The molecule has 0 bridgehead atoms. The average molecular weight is 556 g/mol. The SMILES string of the molecule is O=C(Nc1c(C(=O)C2CC(c3ccc(Cl)cn3)N2)oc2ccc(Cl)nc12)C1CCC(N2CCCC2=O)CC1. The standard InChI is InChI=1S/C27H27Cl2N5O4/c28-15-5-8-17(30-13-15)18-12-19(31-18)25(36)26-24(23-20(38-26)9-10-21(29)32-23)33-27(37)14-3-6-16(7-4-14)34-11-1-2-22(34)35/h5,8-10,13-14,16,18-19,31H,1-4,6-7,11-12H2,(H,33,37). The van der Waals surface area contributed by atoms with E-state index in [0.717, 1.165) is 31.5 Å². The lowest BCUT2D eigenvalue weighted by molar-refractivity contribution is -0.130. The number of likely N-dealkylation sites (tertiary alicyclic amines) is 1. The van der Waals surface area contributed by atoms with Crippen molar-refractivity contribution in [2.75, 3.05) is 11.9 Å². The Bertz CT molecular complexity index is 1390. The highest BCUT2D eigenvalue weighted by molar-refractivity contribution is 6.30. The smallest absolute Gasteiger partial charge is 0.227 e. The predicted octanol–water partition coefficient (Wildman–Crippen LogP) is 4.94. The van der Waals surface area contributed by atoms with E-state index < -0.39 is 6.04 Å². The number of nitrogens with one attached hydrogen (secondary N) is 2. The van der Waals surface area contributed by atoms with Gasteiger partial charge in [0.15, 0.2) is 11.3 Å². The van der Waals surface area contributed by atoms with Crippen molar-refractivity contribution in [1.82, 2.24) is 20.2 Å². The quantitative estimate of drug-likeness (QED) is 0.327. The van der Waals surface area contributed by atoms with Crippen LogP contribution in [0.1, 0.15) is 67.2 Å². The summed E-state index contributed by atoms with van der Waals surface area (Å²) in [5.74, 6) is -0.402. The number of Topliss-reactive ketones (excluding diaryl/α,β-unsaturated/α-hetero) is 1. The van der Waals surface area contributed by atoms with E-state index in [4.69, 9.17) is 27.6 Å². The predicted molar refractivity (Wildman–Crippen MR) is 142 cm³/mol. The highest BCUT2D eigenvalue weighted by Gasteiger charge is 2.40. The first-order chi connectivity index (χ1) is 18.4. The summed E-state index contributed by atoms with van der Waals surface area (Å²) in [5.41, 5.74) is 1.78. The average Bonchev–Trinajstić information content (AvgIpc) is 3.47. The van der Waals surface area contributed by atoms with E-state index in [2.05, 4.69) is 20.6 Å². The van der Waals surface area contributed by atoms with E-state index >= 15 is 0 Å². The maximum absolute atomic E-state index is 13.5. The number of rotatable bonds is 6. The van der Waals surface area contributed by atoms with Crippen LogP contribution in [0.25, 0.3) is 11.1 Å². The van der Waals surface area contributed by atoms with Gasteiger partial charge in [0.1, 0.15) is 16.4 Å². The zero-order valence-electron chi connectivity index (χ0n) is 20.6. The molecule has 1 saturated carbocycles. The number of nitrogens with zero attached hydrogens (tertiary/aromatic N) is 3. The molecule has 0 aromatic carbocycles. The number of carbonyl (C=O) groups is 3. The fourth-order valence-corrected chi connectivity index (χ4v) is 6.03. The Morgan fingerprint density at radius 1 is 1.11 bits per heavy atom. The van der Waals surface area contributed by atoms with Crippen LogP contribution < -0.4 is 10.6 Å². The summed E-state index contributed by atoms with van der Waals surface area (Å²) in [7, 11) is 0. The molecule has 38 heavy (non-hydrogen) atoms. The third kappa shape index (κ3) is 4.79. The highest BCUT2D eigenvalue weighted by atomic mass is 35.5. The summed E-state index contributed by atoms with van der Waals surface area (Å²) < 4.78 is 5.91. The summed E-state index contributed by atoms with van der Waals surface area (Å²) in [6, 6.07) is 6.45. The van der Waals surface area contributed by atoms with Crippen molar-refractivity contribution in [1.29, 1.82) is 0 Å². The summed E-state index contributed by atoms with van der Waals surface area (Å²) in [6.07, 6.45) is 6.56. The maximum Gasteiger partial charge on any atom is 0.227 e. The minimum atomic E-state index is -0.488. The molecule has 1 aliphatic carbocycles. The molecule has 11 heteroatoms. The van der Waals surface area contributed by atoms with Gasteiger partial charge >= 0.3 is 0 Å². The Morgan fingerprint density at radius 2 is 1.89 bits per heavy atom. The van der Waals surface area contributed by atoms with Gasteiger partial charge in [0.25, 0.3) is 0 Å². The monoisotopic (exact) mass is 555 g/mol. The second-order valence-electron chi connectivity index (χ2n) is 10.2. The molecule has 3 aromatic rings.